The van der Waals surface area contributed by atoms with Gasteiger partial charge in [0.15, 0.2) is 0 Å². The number of amides is 2. The molecule has 1 saturated heterocycles. The zero-order valence-corrected chi connectivity index (χ0v) is 13.5. The van der Waals surface area contributed by atoms with Crippen LogP contribution in [0.4, 0.5) is 0 Å². The van der Waals surface area contributed by atoms with Gasteiger partial charge >= 0.3 is 0 Å². The summed E-state index contributed by atoms with van der Waals surface area (Å²) in [4.78, 5) is 26.0. The number of carbonyl (C=O) groups excluding carboxylic acids is 2. The van der Waals surface area contributed by atoms with E-state index in [1.165, 1.54) is 0 Å². The smallest absolute Gasteiger partial charge is 0.254 e. The van der Waals surface area contributed by atoms with Crippen molar-refractivity contribution in [1.29, 1.82) is 0 Å². The SMILES string of the molecule is C[C@@H]1CN(C(=O)c2ccc(C(N)=O)cc2)[C@@H](c2ccccc2)CO1. The molecule has 2 amide bonds. The Balaban J connectivity index is 1.88. The van der Waals surface area contributed by atoms with Crippen LogP contribution in [0.15, 0.2) is 54.6 Å². The van der Waals surface area contributed by atoms with Crippen LogP contribution in [0.25, 0.3) is 0 Å². The highest BCUT2D eigenvalue weighted by molar-refractivity contribution is 5.97. The minimum Gasteiger partial charge on any atom is -0.374 e. The fraction of sp³-hybridized carbons (Fsp3) is 0.263. The van der Waals surface area contributed by atoms with E-state index in [0.29, 0.717) is 24.3 Å². The molecule has 2 aromatic carbocycles. The summed E-state index contributed by atoms with van der Waals surface area (Å²) in [5.74, 6) is -0.578. The van der Waals surface area contributed by atoms with Crippen molar-refractivity contribution in [2.24, 2.45) is 5.73 Å². The molecule has 0 aromatic heterocycles. The number of benzene rings is 2. The Morgan fingerprint density at radius 1 is 1.04 bits per heavy atom. The molecule has 24 heavy (non-hydrogen) atoms. The highest BCUT2D eigenvalue weighted by Gasteiger charge is 2.32. The van der Waals surface area contributed by atoms with Crippen LogP contribution < -0.4 is 5.73 Å². The van der Waals surface area contributed by atoms with Gasteiger partial charge < -0.3 is 15.4 Å². The van der Waals surface area contributed by atoms with Crippen LogP contribution in [-0.4, -0.2) is 36.0 Å². The molecule has 1 fully saturated rings. The molecule has 1 aliphatic rings. The first-order valence-corrected chi connectivity index (χ1v) is 7.93. The van der Waals surface area contributed by atoms with Gasteiger partial charge in [0.25, 0.3) is 5.91 Å². The molecule has 0 bridgehead atoms. The van der Waals surface area contributed by atoms with Gasteiger partial charge in [-0.15, -0.1) is 0 Å². The van der Waals surface area contributed by atoms with Crippen LogP contribution in [0.3, 0.4) is 0 Å². The maximum Gasteiger partial charge on any atom is 0.254 e. The fourth-order valence-corrected chi connectivity index (χ4v) is 2.92. The summed E-state index contributed by atoms with van der Waals surface area (Å²) < 4.78 is 5.76. The number of carbonyl (C=O) groups is 2. The van der Waals surface area contributed by atoms with Gasteiger partial charge in [0.1, 0.15) is 0 Å². The summed E-state index contributed by atoms with van der Waals surface area (Å²) in [6, 6.07) is 16.2. The Labute approximate surface area is 141 Å². The number of nitrogens with two attached hydrogens (primary N) is 1. The average molecular weight is 324 g/mol. The molecule has 124 valence electrons. The highest BCUT2D eigenvalue weighted by Crippen LogP contribution is 2.27. The van der Waals surface area contributed by atoms with E-state index in [9.17, 15) is 9.59 Å². The minimum atomic E-state index is -0.504. The Bertz CT molecular complexity index is 728. The van der Waals surface area contributed by atoms with Gasteiger partial charge in [-0.1, -0.05) is 30.3 Å². The molecule has 0 aliphatic carbocycles. The Kier molecular flexibility index (Phi) is 4.62. The molecule has 0 unspecified atom stereocenters. The number of ether oxygens (including phenoxy) is 1. The van der Waals surface area contributed by atoms with E-state index in [1.54, 1.807) is 24.3 Å². The van der Waals surface area contributed by atoms with E-state index in [4.69, 9.17) is 10.5 Å². The van der Waals surface area contributed by atoms with Crippen molar-refractivity contribution in [3.8, 4) is 0 Å². The number of hydrogen-bond donors (Lipinski definition) is 1. The van der Waals surface area contributed by atoms with Crippen LogP contribution >= 0.6 is 0 Å². The monoisotopic (exact) mass is 324 g/mol. The van der Waals surface area contributed by atoms with Gasteiger partial charge in [-0.3, -0.25) is 9.59 Å². The number of rotatable bonds is 3. The number of nitrogens with zero attached hydrogens (tertiary/aromatic N) is 1. The number of morpholine rings is 1. The zero-order chi connectivity index (χ0) is 17.1. The van der Waals surface area contributed by atoms with E-state index in [2.05, 4.69) is 0 Å². The molecule has 0 saturated carbocycles. The minimum absolute atomic E-state index is 0.0150. The summed E-state index contributed by atoms with van der Waals surface area (Å²) in [7, 11) is 0. The molecule has 1 aliphatic heterocycles. The summed E-state index contributed by atoms with van der Waals surface area (Å²) in [6.07, 6.45) is -0.0150. The van der Waals surface area contributed by atoms with Gasteiger partial charge in [-0.25, -0.2) is 0 Å². The molecule has 0 radical (unpaired) electrons. The lowest BCUT2D eigenvalue weighted by Gasteiger charge is -2.39. The molecule has 3 rings (SSSR count). The quantitative estimate of drug-likeness (QED) is 0.942. The molecule has 2 aromatic rings. The van der Waals surface area contributed by atoms with Crippen molar-refractivity contribution in [1.82, 2.24) is 4.90 Å². The third-order valence-electron chi connectivity index (χ3n) is 4.23. The summed E-state index contributed by atoms with van der Waals surface area (Å²) in [5.41, 5.74) is 7.22. The van der Waals surface area contributed by atoms with E-state index in [0.717, 1.165) is 5.56 Å². The largest absolute Gasteiger partial charge is 0.374 e. The van der Waals surface area contributed by atoms with Gasteiger partial charge in [-0.2, -0.15) is 0 Å². The number of hydrogen-bond acceptors (Lipinski definition) is 3. The van der Waals surface area contributed by atoms with Crippen LogP contribution in [0.1, 0.15) is 39.2 Å². The predicted molar refractivity (Wildman–Crippen MR) is 90.6 cm³/mol. The molecule has 2 atom stereocenters. The topological polar surface area (TPSA) is 72.6 Å². The first-order chi connectivity index (χ1) is 11.6. The fourth-order valence-electron chi connectivity index (χ4n) is 2.92. The number of primary amides is 1. The second-order valence-corrected chi connectivity index (χ2v) is 5.97. The van der Waals surface area contributed by atoms with Crippen LogP contribution in [0, 0.1) is 0 Å². The first kappa shape index (κ1) is 16.2. The normalized spacial score (nSPS) is 20.6. The lowest BCUT2D eigenvalue weighted by Crippen LogP contribution is -2.46. The molecule has 2 N–H and O–H groups in total. The van der Waals surface area contributed by atoms with Crippen molar-refractivity contribution >= 4 is 11.8 Å². The molecule has 5 heteroatoms. The Hall–Kier alpha value is -2.66. The van der Waals surface area contributed by atoms with Crippen LogP contribution in [0.2, 0.25) is 0 Å². The van der Waals surface area contributed by atoms with Crippen LogP contribution in [0.5, 0.6) is 0 Å². The maximum atomic E-state index is 13.0. The second kappa shape index (κ2) is 6.84. The molecule has 1 heterocycles. The summed E-state index contributed by atoms with van der Waals surface area (Å²) in [5, 5.41) is 0. The molecule has 0 spiro atoms. The predicted octanol–water partition coefficient (Wildman–Crippen LogP) is 2.39. The van der Waals surface area contributed by atoms with Crippen molar-refractivity contribution in [2.75, 3.05) is 13.2 Å². The second-order valence-electron chi connectivity index (χ2n) is 5.97. The van der Waals surface area contributed by atoms with Gasteiger partial charge in [0.05, 0.1) is 18.8 Å². The van der Waals surface area contributed by atoms with E-state index >= 15 is 0 Å². The Morgan fingerprint density at radius 2 is 1.67 bits per heavy atom. The zero-order valence-electron chi connectivity index (χ0n) is 13.5. The van der Waals surface area contributed by atoms with Crippen molar-refractivity contribution in [3.63, 3.8) is 0 Å². The van der Waals surface area contributed by atoms with Crippen molar-refractivity contribution in [3.05, 3.63) is 71.3 Å². The average Bonchev–Trinajstić information content (AvgIpc) is 2.62. The summed E-state index contributed by atoms with van der Waals surface area (Å²) in [6.45, 7) is 2.95. The van der Waals surface area contributed by atoms with Crippen molar-refractivity contribution < 1.29 is 14.3 Å². The molecule has 5 nitrogen and oxygen atoms in total. The van der Waals surface area contributed by atoms with Crippen LogP contribution in [-0.2, 0) is 4.74 Å². The van der Waals surface area contributed by atoms with Gasteiger partial charge in [0, 0.05) is 17.7 Å². The summed E-state index contributed by atoms with van der Waals surface area (Å²) >= 11 is 0. The molecular weight excluding hydrogens is 304 g/mol. The van der Waals surface area contributed by atoms with E-state index in [-0.39, 0.29) is 18.1 Å². The maximum absolute atomic E-state index is 13.0. The van der Waals surface area contributed by atoms with Crippen molar-refractivity contribution in [2.45, 2.75) is 19.1 Å². The third-order valence-corrected chi connectivity index (χ3v) is 4.23. The third kappa shape index (κ3) is 3.31. The molecular formula is C19H20N2O3. The highest BCUT2D eigenvalue weighted by atomic mass is 16.5. The lowest BCUT2D eigenvalue weighted by atomic mass is 10.0. The standard InChI is InChI=1S/C19H20N2O3/c1-13-11-21(17(12-24-13)14-5-3-2-4-6-14)19(23)16-9-7-15(8-10-16)18(20)22/h2-10,13,17H,11-12H2,1H3,(H2,20,22)/t13-,17-/m1/s1. The lowest BCUT2D eigenvalue weighted by molar-refractivity contribution is -0.0447. The Morgan fingerprint density at radius 3 is 2.29 bits per heavy atom. The van der Waals surface area contributed by atoms with Gasteiger partial charge in [-0.05, 0) is 36.8 Å². The van der Waals surface area contributed by atoms with Gasteiger partial charge in [0.2, 0.25) is 5.91 Å². The first-order valence-electron chi connectivity index (χ1n) is 7.93. The van der Waals surface area contributed by atoms with E-state index in [1.807, 2.05) is 42.2 Å². The van der Waals surface area contributed by atoms with E-state index < -0.39 is 5.91 Å².